The Morgan fingerprint density at radius 3 is 2.31 bits per heavy atom. The lowest BCUT2D eigenvalue weighted by Gasteiger charge is -2.25. The molecular weight excluding hydrogens is 410 g/mol. The van der Waals surface area contributed by atoms with E-state index in [2.05, 4.69) is 16.1 Å². The maximum absolute atomic E-state index is 13.1. The molecule has 9 heteroatoms. The standard InChI is InChI=1S/C23H27N5O4/c1-4-23(18-8-6-5-7-9-18)21(31)28(22(32)25-23)26-19(29)15-27(3)14-16-10-12-17(13-11-16)20(30)24-2/h5-13H,4,14-15H2,1-3H3,(H,24,30)(H,25,32)(H,26,29). The van der Waals surface area contributed by atoms with E-state index in [0.29, 0.717) is 24.1 Å². The SMILES string of the molecule is CCC1(c2ccccc2)NC(=O)N(NC(=O)CN(C)Cc2ccc(C(=O)NC)cc2)C1=O. The largest absolute Gasteiger partial charge is 0.355 e. The lowest BCUT2D eigenvalue weighted by Crippen LogP contribution is -2.50. The molecule has 3 N–H and O–H groups in total. The summed E-state index contributed by atoms with van der Waals surface area (Å²) in [6.07, 6.45) is 0.347. The zero-order valence-electron chi connectivity index (χ0n) is 18.3. The zero-order valence-corrected chi connectivity index (χ0v) is 18.3. The van der Waals surface area contributed by atoms with Crippen molar-refractivity contribution in [3.8, 4) is 0 Å². The van der Waals surface area contributed by atoms with Gasteiger partial charge in [-0.1, -0.05) is 49.4 Å². The molecule has 0 bridgehead atoms. The highest BCUT2D eigenvalue weighted by Crippen LogP contribution is 2.31. The van der Waals surface area contributed by atoms with Gasteiger partial charge in [-0.2, -0.15) is 5.01 Å². The van der Waals surface area contributed by atoms with Crippen LogP contribution in [0.5, 0.6) is 0 Å². The van der Waals surface area contributed by atoms with E-state index in [-0.39, 0.29) is 12.5 Å². The van der Waals surface area contributed by atoms with Gasteiger partial charge in [0.25, 0.3) is 17.7 Å². The summed E-state index contributed by atoms with van der Waals surface area (Å²) in [6, 6.07) is 15.3. The van der Waals surface area contributed by atoms with Crippen LogP contribution < -0.4 is 16.1 Å². The number of imide groups is 1. The Labute approximate surface area is 186 Å². The van der Waals surface area contributed by atoms with Crippen molar-refractivity contribution in [2.24, 2.45) is 0 Å². The van der Waals surface area contributed by atoms with E-state index < -0.39 is 23.4 Å². The first-order chi connectivity index (χ1) is 15.3. The number of carbonyl (C=O) groups excluding carboxylic acids is 4. The second-order valence-electron chi connectivity index (χ2n) is 7.68. The van der Waals surface area contributed by atoms with Crippen LogP contribution >= 0.6 is 0 Å². The minimum absolute atomic E-state index is 0.0290. The van der Waals surface area contributed by atoms with Crippen molar-refractivity contribution in [3.05, 3.63) is 71.3 Å². The fourth-order valence-corrected chi connectivity index (χ4v) is 3.72. The van der Waals surface area contributed by atoms with Gasteiger partial charge in [-0.25, -0.2) is 4.79 Å². The minimum atomic E-state index is -1.20. The van der Waals surface area contributed by atoms with Crippen molar-refractivity contribution < 1.29 is 19.2 Å². The summed E-state index contributed by atoms with van der Waals surface area (Å²) in [7, 11) is 3.32. The van der Waals surface area contributed by atoms with Crippen molar-refractivity contribution in [3.63, 3.8) is 0 Å². The van der Waals surface area contributed by atoms with Crippen LogP contribution in [0.15, 0.2) is 54.6 Å². The molecule has 168 valence electrons. The number of benzene rings is 2. The molecule has 1 aliphatic heterocycles. The molecule has 0 spiro atoms. The number of likely N-dealkylation sites (N-methyl/N-ethyl adjacent to an activating group) is 1. The number of amides is 5. The molecule has 1 unspecified atom stereocenters. The molecule has 3 rings (SSSR count). The van der Waals surface area contributed by atoms with Gasteiger partial charge in [-0.15, -0.1) is 0 Å². The van der Waals surface area contributed by atoms with Gasteiger partial charge >= 0.3 is 6.03 Å². The summed E-state index contributed by atoms with van der Waals surface area (Å²) in [6.45, 7) is 2.23. The number of rotatable bonds is 8. The van der Waals surface area contributed by atoms with Gasteiger partial charge in [-0.05, 0) is 36.7 Å². The average Bonchev–Trinajstić information content (AvgIpc) is 3.04. The molecule has 2 aromatic rings. The second kappa shape index (κ2) is 9.61. The lowest BCUT2D eigenvalue weighted by atomic mass is 9.87. The van der Waals surface area contributed by atoms with Crippen LogP contribution in [0.25, 0.3) is 0 Å². The third-order valence-corrected chi connectivity index (χ3v) is 5.43. The predicted molar refractivity (Wildman–Crippen MR) is 118 cm³/mol. The number of hydrogen-bond acceptors (Lipinski definition) is 5. The van der Waals surface area contributed by atoms with E-state index in [9.17, 15) is 19.2 Å². The van der Waals surface area contributed by atoms with Crippen LogP contribution in [0.3, 0.4) is 0 Å². The van der Waals surface area contributed by atoms with Gasteiger partial charge in [0.2, 0.25) is 0 Å². The Balaban J connectivity index is 1.61. The summed E-state index contributed by atoms with van der Waals surface area (Å²) < 4.78 is 0. The van der Waals surface area contributed by atoms with Gasteiger partial charge in [0.1, 0.15) is 5.54 Å². The van der Waals surface area contributed by atoms with E-state index in [1.807, 2.05) is 18.2 Å². The first-order valence-electron chi connectivity index (χ1n) is 10.3. The molecule has 0 saturated carbocycles. The van der Waals surface area contributed by atoms with Gasteiger partial charge in [0.15, 0.2) is 0 Å². The number of nitrogens with one attached hydrogen (secondary N) is 3. The van der Waals surface area contributed by atoms with Crippen molar-refractivity contribution in [1.29, 1.82) is 0 Å². The van der Waals surface area contributed by atoms with Crippen LogP contribution in [-0.2, 0) is 21.7 Å². The molecule has 1 fully saturated rings. The van der Waals surface area contributed by atoms with Gasteiger partial charge in [-0.3, -0.25) is 24.7 Å². The number of hydrogen-bond donors (Lipinski definition) is 3. The van der Waals surface area contributed by atoms with Gasteiger partial charge in [0, 0.05) is 19.2 Å². The van der Waals surface area contributed by atoms with Crippen LogP contribution in [0.2, 0.25) is 0 Å². The van der Waals surface area contributed by atoms with Gasteiger partial charge in [0.05, 0.1) is 6.54 Å². The topological polar surface area (TPSA) is 111 Å². The van der Waals surface area contributed by atoms with Crippen LogP contribution in [0.1, 0.15) is 34.8 Å². The molecule has 32 heavy (non-hydrogen) atoms. The highest BCUT2D eigenvalue weighted by Gasteiger charge is 2.52. The third-order valence-electron chi connectivity index (χ3n) is 5.43. The molecule has 0 radical (unpaired) electrons. The highest BCUT2D eigenvalue weighted by molar-refractivity contribution is 6.08. The maximum Gasteiger partial charge on any atom is 0.344 e. The predicted octanol–water partition coefficient (Wildman–Crippen LogP) is 1.37. The Bertz CT molecular complexity index is 1010. The Morgan fingerprint density at radius 1 is 1.06 bits per heavy atom. The molecule has 2 aromatic carbocycles. The number of hydrazine groups is 1. The summed E-state index contributed by atoms with van der Waals surface area (Å²) in [5, 5.41) is 6.04. The lowest BCUT2D eigenvalue weighted by molar-refractivity contribution is -0.139. The minimum Gasteiger partial charge on any atom is -0.355 e. The third kappa shape index (κ3) is 4.62. The summed E-state index contributed by atoms with van der Waals surface area (Å²) >= 11 is 0. The van der Waals surface area contributed by atoms with E-state index >= 15 is 0 Å². The normalized spacial score (nSPS) is 17.9. The molecule has 1 atom stereocenters. The first kappa shape index (κ1) is 23.0. The quantitative estimate of drug-likeness (QED) is 0.540. The molecule has 5 amide bonds. The van der Waals surface area contributed by atoms with Crippen molar-refractivity contribution in [2.45, 2.75) is 25.4 Å². The first-order valence-corrected chi connectivity index (χ1v) is 10.3. The molecular formula is C23H27N5O4. The van der Waals surface area contributed by atoms with Crippen molar-refractivity contribution in [2.75, 3.05) is 20.6 Å². The number of nitrogens with zero attached hydrogens (tertiary/aromatic N) is 2. The Kier molecular flexibility index (Phi) is 6.89. The zero-order chi connectivity index (χ0) is 23.3. The Hall–Kier alpha value is -3.72. The molecule has 0 aliphatic carbocycles. The molecule has 9 nitrogen and oxygen atoms in total. The smallest absolute Gasteiger partial charge is 0.344 e. The average molecular weight is 438 g/mol. The number of carbonyl (C=O) groups is 4. The van der Waals surface area contributed by atoms with E-state index in [4.69, 9.17) is 0 Å². The van der Waals surface area contributed by atoms with Crippen molar-refractivity contribution in [1.82, 2.24) is 26.0 Å². The fraction of sp³-hybridized carbons (Fsp3) is 0.304. The van der Waals surface area contributed by atoms with Gasteiger partial charge < -0.3 is 10.6 Å². The highest BCUT2D eigenvalue weighted by atomic mass is 16.2. The summed E-state index contributed by atoms with van der Waals surface area (Å²) in [5.41, 5.74) is 3.34. The van der Waals surface area contributed by atoms with E-state index in [1.54, 1.807) is 62.3 Å². The fourth-order valence-electron chi connectivity index (χ4n) is 3.72. The molecule has 1 saturated heterocycles. The van der Waals surface area contributed by atoms with Crippen molar-refractivity contribution >= 4 is 23.8 Å². The molecule has 1 aliphatic rings. The van der Waals surface area contributed by atoms with E-state index in [1.165, 1.54) is 0 Å². The summed E-state index contributed by atoms with van der Waals surface area (Å²) in [4.78, 5) is 51.5. The monoisotopic (exact) mass is 437 g/mol. The second-order valence-corrected chi connectivity index (χ2v) is 7.68. The number of urea groups is 1. The van der Waals surface area contributed by atoms with Crippen LogP contribution in [0.4, 0.5) is 4.79 Å². The van der Waals surface area contributed by atoms with Crippen LogP contribution in [-0.4, -0.2) is 54.3 Å². The summed E-state index contributed by atoms with van der Waals surface area (Å²) in [5.74, 6) is -1.17. The van der Waals surface area contributed by atoms with E-state index in [0.717, 1.165) is 10.6 Å². The van der Waals surface area contributed by atoms with Crippen LogP contribution in [0, 0.1) is 0 Å². The molecule has 0 aromatic heterocycles. The maximum atomic E-state index is 13.1. The Morgan fingerprint density at radius 2 is 1.72 bits per heavy atom. The molecule has 1 heterocycles.